The summed E-state index contributed by atoms with van der Waals surface area (Å²) in [5.74, 6) is 0. The number of anilines is 1. The number of rotatable bonds is 1. The van der Waals surface area contributed by atoms with Crippen LogP contribution in [0.5, 0.6) is 0 Å². The predicted octanol–water partition coefficient (Wildman–Crippen LogP) is 1.67. The second-order valence-corrected chi connectivity index (χ2v) is 6.12. The molecule has 3 rings (SSSR count). The SMILES string of the molecule is NC1CCc2c(Br)ccc(N3CCNCC3)c2C1. The minimum Gasteiger partial charge on any atom is -0.369 e. The second-order valence-electron chi connectivity index (χ2n) is 5.26. The third-order valence-corrected chi connectivity index (χ3v) is 4.78. The second kappa shape index (κ2) is 5.19. The minimum atomic E-state index is 0.327. The van der Waals surface area contributed by atoms with Crippen LogP contribution in [-0.2, 0) is 12.8 Å². The lowest BCUT2D eigenvalue weighted by Crippen LogP contribution is -2.44. The first kappa shape index (κ1) is 12.5. The number of benzene rings is 1. The van der Waals surface area contributed by atoms with Crippen LogP contribution in [0.2, 0.25) is 0 Å². The number of hydrogen-bond acceptors (Lipinski definition) is 3. The Balaban J connectivity index is 1.98. The van der Waals surface area contributed by atoms with Crippen molar-refractivity contribution < 1.29 is 0 Å². The van der Waals surface area contributed by atoms with Crippen molar-refractivity contribution in [3.63, 3.8) is 0 Å². The van der Waals surface area contributed by atoms with Crippen LogP contribution >= 0.6 is 15.9 Å². The average molecular weight is 310 g/mol. The summed E-state index contributed by atoms with van der Waals surface area (Å²) in [6.45, 7) is 4.36. The van der Waals surface area contributed by atoms with Crippen LogP contribution in [0.4, 0.5) is 5.69 Å². The Morgan fingerprint density at radius 1 is 1.22 bits per heavy atom. The van der Waals surface area contributed by atoms with Gasteiger partial charge in [0.1, 0.15) is 0 Å². The fourth-order valence-electron chi connectivity index (χ4n) is 3.05. The zero-order valence-electron chi connectivity index (χ0n) is 10.6. The largest absolute Gasteiger partial charge is 0.369 e. The van der Waals surface area contributed by atoms with Crippen LogP contribution in [0.25, 0.3) is 0 Å². The molecule has 1 atom stereocenters. The minimum absolute atomic E-state index is 0.327. The molecule has 1 aromatic carbocycles. The molecule has 4 heteroatoms. The van der Waals surface area contributed by atoms with Crippen molar-refractivity contribution >= 4 is 21.6 Å². The number of fused-ring (bicyclic) bond motifs is 1. The summed E-state index contributed by atoms with van der Waals surface area (Å²) in [4.78, 5) is 2.50. The van der Waals surface area contributed by atoms with Crippen molar-refractivity contribution in [3.05, 3.63) is 27.7 Å². The van der Waals surface area contributed by atoms with Gasteiger partial charge in [0.15, 0.2) is 0 Å². The number of halogens is 1. The molecule has 1 unspecified atom stereocenters. The maximum Gasteiger partial charge on any atom is 0.0403 e. The molecule has 0 bridgehead atoms. The standard InChI is InChI=1S/C14H20BrN3/c15-13-3-4-14(18-7-5-17-6-8-18)12-9-10(16)1-2-11(12)13/h3-4,10,17H,1-2,5-9,16H2. The number of nitrogens with one attached hydrogen (secondary N) is 1. The zero-order valence-corrected chi connectivity index (χ0v) is 12.2. The van der Waals surface area contributed by atoms with Crippen molar-refractivity contribution in [1.82, 2.24) is 5.32 Å². The molecule has 1 aliphatic heterocycles. The molecule has 0 spiro atoms. The van der Waals surface area contributed by atoms with E-state index in [1.807, 2.05) is 0 Å². The first-order chi connectivity index (χ1) is 8.75. The molecule has 0 amide bonds. The van der Waals surface area contributed by atoms with Gasteiger partial charge in [0.25, 0.3) is 0 Å². The summed E-state index contributed by atoms with van der Waals surface area (Å²) in [5, 5.41) is 3.41. The maximum absolute atomic E-state index is 6.15. The zero-order chi connectivity index (χ0) is 12.5. The summed E-state index contributed by atoms with van der Waals surface area (Å²) >= 11 is 3.69. The number of piperazine rings is 1. The van der Waals surface area contributed by atoms with Gasteiger partial charge in [0.05, 0.1) is 0 Å². The predicted molar refractivity (Wildman–Crippen MR) is 79.2 cm³/mol. The third kappa shape index (κ3) is 2.29. The fourth-order valence-corrected chi connectivity index (χ4v) is 3.62. The van der Waals surface area contributed by atoms with Crippen molar-refractivity contribution in [2.24, 2.45) is 5.73 Å². The van der Waals surface area contributed by atoms with Crippen LogP contribution in [0.1, 0.15) is 17.5 Å². The van der Waals surface area contributed by atoms with E-state index in [0.29, 0.717) is 6.04 Å². The normalized spacial score (nSPS) is 23.9. The van der Waals surface area contributed by atoms with Gasteiger partial charge in [0, 0.05) is 42.4 Å². The van der Waals surface area contributed by atoms with E-state index in [0.717, 1.165) is 45.4 Å². The maximum atomic E-state index is 6.15. The molecule has 1 aromatic rings. The van der Waals surface area contributed by atoms with E-state index in [-0.39, 0.29) is 0 Å². The van der Waals surface area contributed by atoms with E-state index < -0.39 is 0 Å². The molecule has 0 radical (unpaired) electrons. The summed E-state index contributed by atoms with van der Waals surface area (Å²) in [7, 11) is 0. The number of nitrogens with zero attached hydrogens (tertiary/aromatic N) is 1. The van der Waals surface area contributed by atoms with Crippen LogP contribution in [0.15, 0.2) is 16.6 Å². The first-order valence-corrected chi connectivity index (χ1v) is 7.56. The molecule has 0 aromatic heterocycles. The summed E-state index contributed by atoms with van der Waals surface area (Å²) in [6.07, 6.45) is 3.24. The third-order valence-electron chi connectivity index (χ3n) is 4.04. The molecule has 3 nitrogen and oxygen atoms in total. The Morgan fingerprint density at radius 2 is 2.00 bits per heavy atom. The quantitative estimate of drug-likeness (QED) is 0.829. The van der Waals surface area contributed by atoms with Gasteiger partial charge >= 0.3 is 0 Å². The van der Waals surface area contributed by atoms with Crippen LogP contribution < -0.4 is 16.0 Å². The molecule has 1 fully saturated rings. The Labute approximate surface area is 117 Å². The van der Waals surface area contributed by atoms with Gasteiger partial charge in [-0.05, 0) is 42.5 Å². The van der Waals surface area contributed by atoms with E-state index in [1.165, 1.54) is 21.3 Å². The number of nitrogens with two attached hydrogens (primary N) is 1. The first-order valence-electron chi connectivity index (χ1n) is 6.77. The summed E-state index contributed by atoms with van der Waals surface area (Å²) in [6, 6.07) is 4.78. The van der Waals surface area contributed by atoms with E-state index in [4.69, 9.17) is 5.73 Å². The smallest absolute Gasteiger partial charge is 0.0403 e. The average Bonchev–Trinajstić information content (AvgIpc) is 2.40. The molecular formula is C14H20BrN3. The monoisotopic (exact) mass is 309 g/mol. The van der Waals surface area contributed by atoms with Crippen LogP contribution in [-0.4, -0.2) is 32.2 Å². The Morgan fingerprint density at radius 3 is 2.78 bits per heavy atom. The van der Waals surface area contributed by atoms with Gasteiger partial charge in [-0.2, -0.15) is 0 Å². The van der Waals surface area contributed by atoms with Gasteiger partial charge < -0.3 is 16.0 Å². The molecule has 1 aliphatic carbocycles. The lowest BCUT2D eigenvalue weighted by molar-refractivity contribution is 0.561. The van der Waals surface area contributed by atoms with Crippen molar-refractivity contribution in [2.45, 2.75) is 25.3 Å². The van der Waals surface area contributed by atoms with Gasteiger partial charge in [-0.1, -0.05) is 15.9 Å². The van der Waals surface area contributed by atoms with Crippen molar-refractivity contribution in [1.29, 1.82) is 0 Å². The Kier molecular flexibility index (Phi) is 3.59. The van der Waals surface area contributed by atoms with E-state index in [2.05, 4.69) is 38.3 Å². The molecule has 98 valence electrons. The molecule has 2 aliphatic rings. The highest BCUT2D eigenvalue weighted by molar-refractivity contribution is 9.10. The Bertz CT molecular complexity index is 441. The molecule has 0 saturated carbocycles. The van der Waals surface area contributed by atoms with Gasteiger partial charge in [0.2, 0.25) is 0 Å². The molecule has 3 N–H and O–H groups in total. The lowest BCUT2D eigenvalue weighted by Gasteiger charge is -2.34. The topological polar surface area (TPSA) is 41.3 Å². The summed E-state index contributed by atoms with van der Waals surface area (Å²) in [5.41, 5.74) is 10.5. The van der Waals surface area contributed by atoms with Gasteiger partial charge in [-0.3, -0.25) is 0 Å². The number of hydrogen-bond donors (Lipinski definition) is 2. The summed E-state index contributed by atoms with van der Waals surface area (Å²) < 4.78 is 1.25. The molecule has 1 saturated heterocycles. The molecular weight excluding hydrogens is 290 g/mol. The Hall–Kier alpha value is -0.580. The van der Waals surface area contributed by atoms with Crippen LogP contribution in [0, 0.1) is 0 Å². The molecule has 1 heterocycles. The van der Waals surface area contributed by atoms with Crippen molar-refractivity contribution in [3.8, 4) is 0 Å². The van der Waals surface area contributed by atoms with E-state index >= 15 is 0 Å². The highest BCUT2D eigenvalue weighted by Crippen LogP contribution is 2.35. The van der Waals surface area contributed by atoms with Crippen molar-refractivity contribution in [2.75, 3.05) is 31.1 Å². The highest BCUT2D eigenvalue weighted by Gasteiger charge is 2.23. The van der Waals surface area contributed by atoms with Gasteiger partial charge in [-0.25, -0.2) is 0 Å². The highest BCUT2D eigenvalue weighted by atomic mass is 79.9. The molecule has 18 heavy (non-hydrogen) atoms. The van der Waals surface area contributed by atoms with Crippen LogP contribution in [0.3, 0.4) is 0 Å². The lowest BCUT2D eigenvalue weighted by atomic mass is 9.87. The van der Waals surface area contributed by atoms with E-state index in [1.54, 1.807) is 0 Å². The van der Waals surface area contributed by atoms with Gasteiger partial charge in [-0.15, -0.1) is 0 Å². The fraction of sp³-hybridized carbons (Fsp3) is 0.571. The van der Waals surface area contributed by atoms with E-state index in [9.17, 15) is 0 Å².